The predicted octanol–water partition coefficient (Wildman–Crippen LogP) is 3.90. The summed E-state index contributed by atoms with van der Waals surface area (Å²) in [6.45, 7) is 2.44. The van der Waals surface area contributed by atoms with Gasteiger partial charge in [0.05, 0.1) is 5.69 Å². The maximum Gasteiger partial charge on any atom is 0.335 e. The Morgan fingerprint density at radius 1 is 0.935 bits per heavy atom. The molecule has 0 aliphatic carbocycles. The van der Waals surface area contributed by atoms with Crippen LogP contribution in [0.25, 0.3) is 6.08 Å². The van der Waals surface area contributed by atoms with Gasteiger partial charge in [-0.2, -0.15) is 0 Å². The highest BCUT2D eigenvalue weighted by Crippen LogP contribution is 2.23. The van der Waals surface area contributed by atoms with Gasteiger partial charge in [0.15, 0.2) is 0 Å². The summed E-state index contributed by atoms with van der Waals surface area (Å²) in [7, 11) is 0. The van der Waals surface area contributed by atoms with Crippen LogP contribution in [-0.2, 0) is 22.6 Å². The van der Waals surface area contributed by atoms with Gasteiger partial charge in [-0.05, 0) is 60.0 Å². The van der Waals surface area contributed by atoms with Crippen molar-refractivity contribution in [2.45, 2.75) is 19.9 Å². The Kier molecular flexibility index (Phi) is 5.49. The van der Waals surface area contributed by atoms with Gasteiger partial charge in [-0.1, -0.05) is 31.2 Å². The average Bonchev–Trinajstić information content (AvgIpc) is 3.19. The van der Waals surface area contributed by atoms with Crippen molar-refractivity contribution in [2.24, 2.45) is 0 Å². The van der Waals surface area contributed by atoms with Gasteiger partial charge in [0, 0.05) is 18.4 Å². The number of anilines is 1. The normalized spacial score (nSPS) is 15.5. The maximum atomic E-state index is 13.2. The lowest BCUT2D eigenvalue weighted by molar-refractivity contribution is -0.122. The second-order valence-corrected chi connectivity index (χ2v) is 7.17. The van der Waals surface area contributed by atoms with E-state index in [0.717, 1.165) is 22.4 Å². The Balaban J connectivity index is 1.64. The van der Waals surface area contributed by atoms with E-state index < -0.39 is 17.8 Å². The second-order valence-electron chi connectivity index (χ2n) is 7.17. The van der Waals surface area contributed by atoms with Gasteiger partial charge in [-0.3, -0.25) is 14.9 Å². The van der Waals surface area contributed by atoms with Gasteiger partial charge in [0.2, 0.25) is 0 Å². The van der Waals surface area contributed by atoms with Crippen LogP contribution in [0, 0.1) is 5.82 Å². The molecule has 31 heavy (non-hydrogen) atoms. The zero-order chi connectivity index (χ0) is 22.0. The van der Waals surface area contributed by atoms with Crippen molar-refractivity contribution < 1.29 is 18.8 Å². The number of urea groups is 1. The van der Waals surface area contributed by atoms with E-state index >= 15 is 0 Å². The van der Waals surface area contributed by atoms with Crippen LogP contribution in [0.2, 0.25) is 0 Å². The summed E-state index contributed by atoms with van der Waals surface area (Å²) in [6.07, 6.45) is 4.09. The van der Waals surface area contributed by atoms with Crippen LogP contribution < -0.4 is 10.2 Å². The zero-order valence-corrected chi connectivity index (χ0v) is 16.8. The van der Waals surface area contributed by atoms with E-state index in [0.29, 0.717) is 17.9 Å². The first kappa shape index (κ1) is 20.3. The van der Waals surface area contributed by atoms with E-state index in [2.05, 4.69) is 5.32 Å². The number of carbonyl (C=O) groups is 3. The van der Waals surface area contributed by atoms with Gasteiger partial charge < -0.3 is 4.57 Å². The molecule has 6 nitrogen and oxygen atoms in total. The Morgan fingerprint density at radius 2 is 1.61 bits per heavy atom. The molecule has 1 aromatic heterocycles. The molecule has 0 radical (unpaired) electrons. The van der Waals surface area contributed by atoms with Crippen LogP contribution in [0.15, 0.2) is 72.4 Å². The maximum absolute atomic E-state index is 13.2. The minimum atomic E-state index is -0.780. The van der Waals surface area contributed by atoms with E-state index in [1.807, 2.05) is 23.6 Å². The van der Waals surface area contributed by atoms with Crippen molar-refractivity contribution in [3.05, 3.63) is 95.1 Å². The summed E-state index contributed by atoms with van der Waals surface area (Å²) < 4.78 is 15.0. The van der Waals surface area contributed by atoms with Crippen LogP contribution in [0.5, 0.6) is 0 Å². The van der Waals surface area contributed by atoms with E-state index in [-0.39, 0.29) is 11.4 Å². The fourth-order valence-corrected chi connectivity index (χ4v) is 3.41. The highest BCUT2D eigenvalue weighted by molar-refractivity contribution is 6.39. The number of rotatable bonds is 5. The highest BCUT2D eigenvalue weighted by Gasteiger charge is 2.36. The molecule has 4 rings (SSSR count). The van der Waals surface area contributed by atoms with Crippen LogP contribution in [0.4, 0.5) is 14.9 Å². The summed E-state index contributed by atoms with van der Waals surface area (Å²) in [6, 6.07) is 15.9. The molecular weight excluding hydrogens is 397 g/mol. The second kappa shape index (κ2) is 8.39. The molecule has 0 spiro atoms. The zero-order valence-electron chi connectivity index (χ0n) is 16.8. The minimum absolute atomic E-state index is 0.141. The van der Waals surface area contributed by atoms with Crippen LogP contribution >= 0.6 is 0 Å². The third-order valence-electron chi connectivity index (χ3n) is 5.13. The summed E-state index contributed by atoms with van der Waals surface area (Å²) in [4.78, 5) is 38.8. The predicted molar refractivity (Wildman–Crippen MR) is 115 cm³/mol. The van der Waals surface area contributed by atoms with Gasteiger partial charge in [-0.15, -0.1) is 0 Å². The number of hydrogen-bond acceptors (Lipinski definition) is 3. The number of imide groups is 2. The highest BCUT2D eigenvalue weighted by atomic mass is 19.1. The third-order valence-corrected chi connectivity index (χ3v) is 5.13. The lowest BCUT2D eigenvalue weighted by Gasteiger charge is -2.26. The molecule has 1 fully saturated rings. The smallest absolute Gasteiger partial charge is 0.335 e. The quantitative estimate of drug-likeness (QED) is 0.506. The van der Waals surface area contributed by atoms with Crippen molar-refractivity contribution in [2.75, 3.05) is 4.90 Å². The van der Waals surface area contributed by atoms with Gasteiger partial charge in [0.1, 0.15) is 11.4 Å². The summed E-state index contributed by atoms with van der Waals surface area (Å²) in [5.74, 6) is -1.75. The fraction of sp³-hybridized carbons (Fsp3) is 0.125. The molecule has 0 unspecified atom stereocenters. The molecule has 7 heteroatoms. The Hall–Kier alpha value is -4.00. The SMILES string of the molecule is CCc1ccc(N2C(=O)NC(=O)C(=Cc3cccn3Cc3ccc(F)cc3)C2=O)cc1. The number of aromatic nitrogens is 1. The van der Waals surface area contributed by atoms with E-state index in [4.69, 9.17) is 0 Å². The molecule has 1 saturated heterocycles. The van der Waals surface area contributed by atoms with Crippen molar-refractivity contribution in [1.82, 2.24) is 9.88 Å². The molecule has 1 aliphatic rings. The largest absolute Gasteiger partial charge is 0.344 e. The van der Waals surface area contributed by atoms with Crippen molar-refractivity contribution in [3.8, 4) is 0 Å². The van der Waals surface area contributed by atoms with Crippen LogP contribution in [0.3, 0.4) is 0 Å². The number of aryl methyl sites for hydroxylation is 1. The molecule has 1 N–H and O–H groups in total. The molecule has 2 aromatic carbocycles. The first-order chi connectivity index (χ1) is 15.0. The number of nitrogens with zero attached hydrogens (tertiary/aromatic N) is 2. The molecular formula is C24H20FN3O3. The summed E-state index contributed by atoms with van der Waals surface area (Å²) in [5.41, 5.74) is 2.79. The molecule has 2 heterocycles. The molecule has 0 bridgehead atoms. The van der Waals surface area contributed by atoms with E-state index in [9.17, 15) is 18.8 Å². The minimum Gasteiger partial charge on any atom is -0.344 e. The number of carbonyl (C=O) groups excluding carboxylic acids is 3. The standard InChI is InChI=1S/C24H20FN3O3/c1-2-16-7-11-19(12-8-16)28-23(30)21(22(29)26-24(28)31)14-20-4-3-13-27(20)15-17-5-9-18(25)10-6-17/h3-14H,2,15H2,1H3,(H,26,29,31). The molecule has 3 aromatic rings. The molecule has 0 atom stereocenters. The number of benzene rings is 2. The van der Waals surface area contributed by atoms with Gasteiger partial charge in [0.25, 0.3) is 11.8 Å². The number of amides is 4. The molecule has 1 aliphatic heterocycles. The number of barbiturate groups is 1. The Morgan fingerprint density at radius 3 is 2.29 bits per heavy atom. The molecule has 4 amide bonds. The summed E-state index contributed by atoms with van der Waals surface area (Å²) in [5, 5.41) is 2.23. The lowest BCUT2D eigenvalue weighted by atomic mass is 10.1. The number of nitrogens with one attached hydrogen (secondary N) is 1. The monoisotopic (exact) mass is 417 g/mol. The molecule has 0 saturated carbocycles. The van der Waals surface area contributed by atoms with Crippen molar-refractivity contribution in [1.29, 1.82) is 0 Å². The number of halogens is 1. The lowest BCUT2D eigenvalue weighted by Crippen LogP contribution is -2.54. The Bertz CT molecular complexity index is 1180. The van der Waals surface area contributed by atoms with Crippen LogP contribution in [0.1, 0.15) is 23.7 Å². The Labute approximate surface area is 178 Å². The fourth-order valence-electron chi connectivity index (χ4n) is 3.41. The van der Waals surface area contributed by atoms with E-state index in [1.165, 1.54) is 18.2 Å². The first-order valence-electron chi connectivity index (χ1n) is 9.86. The topological polar surface area (TPSA) is 71.4 Å². The summed E-state index contributed by atoms with van der Waals surface area (Å²) >= 11 is 0. The van der Waals surface area contributed by atoms with E-state index in [1.54, 1.807) is 42.6 Å². The van der Waals surface area contributed by atoms with Crippen molar-refractivity contribution in [3.63, 3.8) is 0 Å². The average molecular weight is 417 g/mol. The van der Waals surface area contributed by atoms with Crippen LogP contribution in [-0.4, -0.2) is 22.4 Å². The molecule has 156 valence electrons. The first-order valence-corrected chi connectivity index (χ1v) is 9.86. The van der Waals surface area contributed by atoms with Gasteiger partial charge >= 0.3 is 6.03 Å². The van der Waals surface area contributed by atoms with Crippen molar-refractivity contribution >= 4 is 29.6 Å². The van der Waals surface area contributed by atoms with Gasteiger partial charge in [-0.25, -0.2) is 14.1 Å². The third kappa shape index (κ3) is 4.16. The number of hydrogen-bond donors (Lipinski definition) is 1.